The lowest BCUT2D eigenvalue weighted by atomic mass is 10.1. The van der Waals surface area contributed by atoms with Crippen molar-refractivity contribution >= 4 is 16.6 Å². The number of hydrogen-bond donors (Lipinski definition) is 1. The van der Waals surface area contributed by atoms with E-state index in [0.29, 0.717) is 0 Å². The summed E-state index contributed by atoms with van der Waals surface area (Å²) in [7, 11) is 0. The van der Waals surface area contributed by atoms with Gasteiger partial charge in [-0.2, -0.15) is 0 Å². The summed E-state index contributed by atoms with van der Waals surface area (Å²) in [6.07, 6.45) is 5.66. The second kappa shape index (κ2) is 5.67. The second-order valence-corrected chi connectivity index (χ2v) is 4.51. The number of hydrogen-bond acceptors (Lipinski definition) is 2. The third-order valence-electron chi connectivity index (χ3n) is 2.99. The first-order valence-corrected chi connectivity index (χ1v) is 6.40. The van der Waals surface area contributed by atoms with E-state index < -0.39 is 0 Å². The van der Waals surface area contributed by atoms with Crippen LogP contribution >= 0.6 is 0 Å². The monoisotopic (exact) mass is 228 g/mol. The van der Waals surface area contributed by atoms with Crippen LogP contribution in [0.25, 0.3) is 10.9 Å². The van der Waals surface area contributed by atoms with Gasteiger partial charge in [-0.05, 0) is 31.0 Å². The highest BCUT2D eigenvalue weighted by Crippen LogP contribution is 2.22. The molecular weight excluding hydrogens is 208 g/mol. The number of nitrogens with one attached hydrogen (secondary N) is 1. The van der Waals surface area contributed by atoms with Gasteiger partial charge in [0.25, 0.3) is 0 Å². The van der Waals surface area contributed by atoms with Crippen LogP contribution in [0.4, 0.5) is 5.69 Å². The van der Waals surface area contributed by atoms with Crippen LogP contribution in [0.5, 0.6) is 0 Å². The number of aromatic nitrogens is 1. The number of aryl methyl sites for hydroxylation is 1. The summed E-state index contributed by atoms with van der Waals surface area (Å²) in [6.45, 7) is 5.37. The van der Waals surface area contributed by atoms with Crippen molar-refractivity contribution in [1.82, 2.24) is 4.98 Å². The highest BCUT2D eigenvalue weighted by atomic mass is 14.9. The Morgan fingerprint density at radius 3 is 2.88 bits per heavy atom. The predicted octanol–water partition coefficient (Wildman–Crippen LogP) is 4.15. The van der Waals surface area contributed by atoms with E-state index in [0.717, 1.165) is 12.1 Å². The molecule has 1 N–H and O–H groups in total. The number of anilines is 1. The third kappa shape index (κ3) is 2.96. The van der Waals surface area contributed by atoms with Crippen LogP contribution in [0.2, 0.25) is 0 Å². The molecule has 2 aromatic rings. The normalized spacial score (nSPS) is 10.7. The minimum Gasteiger partial charge on any atom is -0.384 e. The van der Waals surface area contributed by atoms with Crippen molar-refractivity contribution in [2.45, 2.75) is 33.1 Å². The Hall–Kier alpha value is -1.57. The van der Waals surface area contributed by atoms with Gasteiger partial charge in [-0.3, -0.25) is 4.98 Å². The van der Waals surface area contributed by atoms with Gasteiger partial charge < -0.3 is 5.32 Å². The lowest BCUT2D eigenvalue weighted by Crippen LogP contribution is -2.02. The van der Waals surface area contributed by atoms with Gasteiger partial charge in [0.15, 0.2) is 0 Å². The van der Waals surface area contributed by atoms with Crippen LogP contribution in [-0.4, -0.2) is 11.5 Å². The fourth-order valence-electron chi connectivity index (χ4n) is 2.01. The molecule has 1 heterocycles. The summed E-state index contributed by atoms with van der Waals surface area (Å²) in [5, 5.41) is 4.72. The van der Waals surface area contributed by atoms with E-state index in [1.165, 1.54) is 35.9 Å². The Kier molecular flexibility index (Phi) is 3.97. The Morgan fingerprint density at radius 1 is 1.18 bits per heavy atom. The second-order valence-electron chi connectivity index (χ2n) is 4.51. The topological polar surface area (TPSA) is 24.9 Å². The zero-order valence-electron chi connectivity index (χ0n) is 10.7. The molecule has 1 aromatic heterocycles. The molecule has 0 saturated heterocycles. The van der Waals surface area contributed by atoms with E-state index >= 15 is 0 Å². The van der Waals surface area contributed by atoms with E-state index in [4.69, 9.17) is 0 Å². The third-order valence-corrected chi connectivity index (χ3v) is 2.99. The van der Waals surface area contributed by atoms with Crippen molar-refractivity contribution in [3.05, 3.63) is 36.0 Å². The molecule has 0 amide bonds. The lowest BCUT2D eigenvalue weighted by Gasteiger charge is -2.09. The molecule has 0 radical (unpaired) electrons. The molecule has 2 heteroatoms. The first kappa shape index (κ1) is 11.9. The molecule has 90 valence electrons. The molecule has 0 bridgehead atoms. The summed E-state index contributed by atoms with van der Waals surface area (Å²) >= 11 is 0. The van der Waals surface area contributed by atoms with Crippen molar-refractivity contribution in [3.8, 4) is 0 Å². The van der Waals surface area contributed by atoms with Gasteiger partial charge in [0.2, 0.25) is 0 Å². The number of benzene rings is 1. The fraction of sp³-hybridized carbons (Fsp3) is 0.400. The molecule has 0 saturated carbocycles. The molecule has 2 rings (SSSR count). The quantitative estimate of drug-likeness (QED) is 0.778. The zero-order valence-corrected chi connectivity index (χ0v) is 10.7. The first-order chi connectivity index (χ1) is 8.31. The molecule has 17 heavy (non-hydrogen) atoms. The van der Waals surface area contributed by atoms with Crippen molar-refractivity contribution < 1.29 is 0 Å². The summed E-state index contributed by atoms with van der Waals surface area (Å²) in [5.74, 6) is 0. The van der Waals surface area contributed by atoms with Gasteiger partial charge >= 0.3 is 0 Å². The smallest absolute Gasteiger partial charge is 0.0725 e. The van der Waals surface area contributed by atoms with Gasteiger partial charge in [-0.25, -0.2) is 0 Å². The van der Waals surface area contributed by atoms with Gasteiger partial charge in [-0.15, -0.1) is 0 Å². The van der Waals surface area contributed by atoms with Crippen LogP contribution in [0.15, 0.2) is 30.5 Å². The molecule has 0 aliphatic heterocycles. The van der Waals surface area contributed by atoms with Crippen LogP contribution in [-0.2, 0) is 0 Å². The molecule has 0 spiro atoms. The summed E-state index contributed by atoms with van der Waals surface area (Å²) < 4.78 is 0. The summed E-state index contributed by atoms with van der Waals surface area (Å²) in [6, 6.07) is 8.48. The molecule has 0 aliphatic carbocycles. The fourth-order valence-corrected chi connectivity index (χ4v) is 2.01. The van der Waals surface area contributed by atoms with Crippen LogP contribution in [0, 0.1) is 6.92 Å². The molecule has 0 fully saturated rings. The molecular formula is C15H20N2. The van der Waals surface area contributed by atoms with Crippen molar-refractivity contribution in [2.24, 2.45) is 0 Å². The molecule has 0 unspecified atom stereocenters. The van der Waals surface area contributed by atoms with Crippen molar-refractivity contribution in [2.75, 3.05) is 11.9 Å². The van der Waals surface area contributed by atoms with Gasteiger partial charge in [0, 0.05) is 23.8 Å². The highest BCUT2D eigenvalue weighted by molar-refractivity contribution is 5.91. The highest BCUT2D eigenvalue weighted by Gasteiger charge is 2.01. The Balaban J connectivity index is 2.16. The number of pyridine rings is 1. The maximum Gasteiger partial charge on any atom is 0.0725 e. The first-order valence-electron chi connectivity index (χ1n) is 6.40. The number of nitrogens with zero attached hydrogens (tertiary/aromatic N) is 1. The molecule has 1 aromatic carbocycles. The minimum absolute atomic E-state index is 1.04. The maximum atomic E-state index is 4.41. The SMILES string of the molecule is CCCCCNc1ccnc2cc(C)ccc12. The Labute approximate surface area is 103 Å². The minimum atomic E-state index is 1.04. The largest absolute Gasteiger partial charge is 0.384 e. The molecule has 0 atom stereocenters. The summed E-state index contributed by atoms with van der Waals surface area (Å²) in [5.41, 5.74) is 3.53. The zero-order chi connectivity index (χ0) is 12.1. The van der Waals surface area contributed by atoms with Gasteiger partial charge in [-0.1, -0.05) is 31.9 Å². The van der Waals surface area contributed by atoms with Crippen LogP contribution < -0.4 is 5.32 Å². The molecule has 0 aliphatic rings. The summed E-state index contributed by atoms with van der Waals surface area (Å²) in [4.78, 5) is 4.41. The van der Waals surface area contributed by atoms with E-state index in [2.05, 4.69) is 48.4 Å². The van der Waals surface area contributed by atoms with E-state index in [9.17, 15) is 0 Å². The van der Waals surface area contributed by atoms with E-state index in [1.54, 1.807) is 0 Å². The number of fused-ring (bicyclic) bond motifs is 1. The Bertz CT molecular complexity index is 491. The van der Waals surface area contributed by atoms with Crippen LogP contribution in [0.3, 0.4) is 0 Å². The number of unbranched alkanes of at least 4 members (excludes halogenated alkanes) is 2. The van der Waals surface area contributed by atoms with Crippen molar-refractivity contribution in [1.29, 1.82) is 0 Å². The van der Waals surface area contributed by atoms with Gasteiger partial charge in [0.05, 0.1) is 5.52 Å². The molecule has 2 nitrogen and oxygen atoms in total. The van der Waals surface area contributed by atoms with Crippen molar-refractivity contribution in [3.63, 3.8) is 0 Å². The predicted molar refractivity (Wildman–Crippen MR) is 74.5 cm³/mol. The Morgan fingerprint density at radius 2 is 2.06 bits per heavy atom. The number of rotatable bonds is 5. The van der Waals surface area contributed by atoms with E-state index in [-0.39, 0.29) is 0 Å². The van der Waals surface area contributed by atoms with E-state index in [1.807, 2.05) is 6.20 Å². The standard InChI is InChI=1S/C15H20N2/c1-3-4-5-9-16-14-8-10-17-15-11-12(2)6-7-13(14)15/h6-8,10-11H,3-5,9H2,1-2H3,(H,16,17). The maximum absolute atomic E-state index is 4.41. The lowest BCUT2D eigenvalue weighted by molar-refractivity contribution is 0.744. The van der Waals surface area contributed by atoms with Gasteiger partial charge in [0.1, 0.15) is 0 Å². The van der Waals surface area contributed by atoms with Crippen LogP contribution in [0.1, 0.15) is 31.7 Å². The average Bonchev–Trinajstić information content (AvgIpc) is 2.34. The average molecular weight is 228 g/mol.